The summed E-state index contributed by atoms with van der Waals surface area (Å²) in [5.74, 6) is 0. The molecule has 0 aliphatic heterocycles. The van der Waals surface area contributed by atoms with E-state index in [-0.39, 0.29) is 0 Å². The van der Waals surface area contributed by atoms with Gasteiger partial charge in [-0.1, -0.05) is 53.1 Å². The average Bonchev–Trinajstić information content (AvgIpc) is 2.44. The van der Waals surface area contributed by atoms with Gasteiger partial charge in [-0.2, -0.15) is 0 Å². The van der Waals surface area contributed by atoms with Gasteiger partial charge in [-0.15, -0.1) is 0 Å². The smallest absolute Gasteiger partial charge is 0.0412 e. The molecule has 0 aliphatic rings. The zero-order chi connectivity index (χ0) is 15.0. The lowest BCUT2D eigenvalue weighted by Crippen LogP contribution is -1.96. The molecule has 1 aromatic rings. The molecule has 0 amide bonds. The van der Waals surface area contributed by atoms with Crippen molar-refractivity contribution in [1.29, 1.82) is 0 Å². The van der Waals surface area contributed by atoms with Crippen molar-refractivity contribution in [3.63, 3.8) is 0 Å². The van der Waals surface area contributed by atoms with E-state index in [1.54, 1.807) is 6.08 Å². The second-order valence-corrected chi connectivity index (χ2v) is 5.02. The van der Waals surface area contributed by atoms with E-state index in [1.807, 2.05) is 42.5 Å². The fourth-order valence-corrected chi connectivity index (χ4v) is 1.81. The molecule has 0 spiro atoms. The van der Waals surface area contributed by atoms with Crippen molar-refractivity contribution in [2.24, 2.45) is 11.5 Å². The third-order valence-corrected chi connectivity index (χ3v) is 3.26. The molecular formula is C17H21ClN2. The first-order valence-corrected chi connectivity index (χ1v) is 6.85. The van der Waals surface area contributed by atoms with Crippen molar-refractivity contribution in [2.75, 3.05) is 0 Å². The highest BCUT2D eigenvalue weighted by molar-refractivity contribution is 6.30. The van der Waals surface area contributed by atoms with Crippen molar-refractivity contribution in [3.05, 3.63) is 76.5 Å². The van der Waals surface area contributed by atoms with Crippen LogP contribution >= 0.6 is 11.6 Å². The highest BCUT2D eigenvalue weighted by atomic mass is 35.5. The van der Waals surface area contributed by atoms with Gasteiger partial charge in [0.25, 0.3) is 0 Å². The third kappa shape index (κ3) is 5.37. The maximum atomic E-state index is 6.07. The Morgan fingerprint density at radius 1 is 1.25 bits per heavy atom. The number of hydrogen-bond acceptors (Lipinski definition) is 2. The van der Waals surface area contributed by atoms with Gasteiger partial charge in [0, 0.05) is 10.7 Å². The van der Waals surface area contributed by atoms with Gasteiger partial charge in [0.2, 0.25) is 0 Å². The molecule has 0 saturated carbocycles. The number of allylic oxidation sites excluding steroid dienone is 6. The van der Waals surface area contributed by atoms with Crippen LogP contribution in [0, 0.1) is 0 Å². The summed E-state index contributed by atoms with van der Waals surface area (Å²) in [5, 5.41) is 0.693. The van der Waals surface area contributed by atoms with Crippen LogP contribution in [0.1, 0.15) is 25.8 Å². The first-order valence-electron chi connectivity index (χ1n) is 6.47. The second-order valence-electron chi connectivity index (χ2n) is 4.58. The first kappa shape index (κ1) is 16.1. The zero-order valence-corrected chi connectivity index (χ0v) is 12.7. The van der Waals surface area contributed by atoms with Crippen LogP contribution in [-0.2, 0) is 0 Å². The predicted molar refractivity (Wildman–Crippen MR) is 89.1 cm³/mol. The quantitative estimate of drug-likeness (QED) is 0.789. The minimum atomic E-state index is 0.693. The van der Waals surface area contributed by atoms with Crippen molar-refractivity contribution < 1.29 is 0 Å². The normalized spacial score (nSPS) is 14.1. The third-order valence-electron chi connectivity index (χ3n) is 3.03. The van der Waals surface area contributed by atoms with Crippen LogP contribution in [0.5, 0.6) is 0 Å². The Morgan fingerprint density at radius 2 is 2.00 bits per heavy atom. The number of hydrogen-bond donors (Lipinski definition) is 2. The molecule has 20 heavy (non-hydrogen) atoms. The molecular weight excluding hydrogens is 268 g/mol. The number of halogens is 1. The van der Waals surface area contributed by atoms with E-state index in [4.69, 9.17) is 23.1 Å². The molecule has 106 valence electrons. The van der Waals surface area contributed by atoms with E-state index in [1.165, 1.54) is 17.3 Å². The Bertz CT molecular complexity index is 566. The van der Waals surface area contributed by atoms with Crippen LogP contribution in [-0.4, -0.2) is 0 Å². The molecule has 0 radical (unpaired) electrons. The lowest BCUT2D eigenvalue weighted by molar-refractivity contribution is 1.16. The van der Waals surface area contributed by atoms with Gasteiger partial charge in [-0.05, 0) is 50.2 Å². The average molecular weight is 289 g/mol. The number of benzene rings is 1. The van der Waals surface area contributed by atoms with Crippen molar-refractivity contribution in [2.45, 2.75) is 20.3 Å². The summed E-state index contributed by atoms with van der Waals surface area (Å²) in [7, 11) is 0. The lowest BCUT2D eigenvalue weighted by Gasteiger charge is -2.04. The van der Waals surface area contributed by atoms with Gasteiger partial charge in [0.05, 0.1) is 0 Å². The lowest BCUT2D eigenvalue weighted by atomic mass is 10.1. The topological polar surface area (TPSA) is 52.0 Å². The number of rotatable bonds is 5. The van der Waals surface area contributed by atoms with E-state index in [9.17, 15) is 0 Å². The van der Waals surface area contributed by atoms with Crippen LogP contribution in [0.4, 0.5) is 0 Å². The Balaban J connectivity index is 2.78. The van der Waals surface area contributed by atoms with Crippen LogP contribution in [0.15, 0.2) is 65.9 Å². The van der Waals surface area contributed by atoms with E-state index in [0.29, 0.717) is 5.02 Å². The largest absolute Gasteiger partial charge is 0.405 e. The van der Waals surface area contributed by atoms with Crippen molar-refractivity contribution >= 4 is 17.3 Å². The second kappa shape index (κ2) is 8.28. The highest BCUT2D eigenvalue weighted by Gasteiger charge is 1.98. The monoisotopic (exact) mass is 288 g/mol. The Kier molecular flexibility index (Phi) is 6.68. The van der Waals surface area contributed by atoms with Gasteiger partial charge in [-0.3, -0.25) is 0 Å². The summed E-state index contributed by atoms with van der Waals surface area (Å²) in [6.45, 7) is 4.16. The summed E-state index contributed by atoms with van der Waals surface area (Å²) < 4.78 is 0. The summed E-state index contributed by atoms with van der Waals surface area (Å²) in [6, 6.07) is 7.55. The SMILES string of the molecule is CC(/C=C\C=C\N)=C(\C)C/C=C(/N)c1cccc(Cl)c1. The van der Waals surface area contributed by atoms with Crippen LogP contribution < -0.4 is 11.5 Å². The minimum absolute atomic E-state index is 0.693. The summed E-state index contributed by atoms with van der Waals surface area (Å²) in [6.07, 6.45) is 10.1. The molecule has 0 bridgehead atoms. The van der Waals surface area contributed by atoms with Crippen molar-refractivity contribution in [1.82, 2.24) is 0 Å². The minimum Gasteiger partial charge on any atom is -0.405 e. The molecule has 2 nitrogen and oxygen atoms in total. The maximum absolute atomic E-state index is 6.07. The molecule has 0 saturated heterocycles. The fraction of sp³-hybridized carbons (Fsp3) is 0.176. The maximum Gasteiger partial charge on any atom is 0.0412 e. The predicted octanol–water partition coefficient (Wildman–Crippen LogP) is 4.39. The Morgan fingerprint density at radius 3 is 2.65 bits per heavy atom. The van der Waals surface area contributed by atoms with E-state index < -0.39 is 0 Å². The molecule has 1 aromatic carbocycles. The zero-order valence-electron chi connectivity index (χ0n) is 11.9. The van der Waals surface area contributed by atoms with Gasteiger partial charge < -0.3 is 11.5 Å². The van der Waals surface area contributed by atoms with E-state index in [0.717, 1.165) is 17.7 Å². The molecule has 4 N–H and O–H groups in total. The summed E-state index contributed by atoms with van der Waals surface area (Å²) in [5.41, 5.74) is 15.5. The molecule has 1 rings (SSSR count). The Hall–Kier alpha value is -1.93. The van der Waals surface area contributed by atoms with Crippen LogP contribution in [0.25, 0.3) is 5.70 Å². The van der Waals surface area contributed by atoms with Crippen LogP contribution in [0.3, 0.4) is 0 Å². The molecule has 0 atom stereocenters. The fourth-order valence-electron chi connectivity index (χ4n) is 1.62. The number of nitrogens with two attached hydrogens (primary N) is 2. The van der Waals surface area contributed by atoms with Gasteiger partial charge in [-0.25, -0.2) is 0 Å². The van der Waals surface area contributed by atoms with Gasteiger partial charge >= 0.3 is 0 Å². The molecule has 0 fully saturated rings. The summed E-state index contributed by atoms with van der Waals surface area (Å²) in [4.78, 5) is 0. The van der Waals surface area contributed by atoms with Crippen LogP contribution in [0.2, 0.25) is 5.02 Å². The molecule has 0 aliphatic carbocycles. The molecule has 0 heterocycles. The molecule has 0 aromatic heterocycles. The Labute approximate surface area is 126 Å². The van der Waals surface area contributed by atoms with E-state index in [2.05, 4.69) is 13.8 Å². The molecule has 0 unspecified atom stereocenters. The van der Waals surface area contributed by atoms with Gasteiger partial charge in [0.1, 0.15) is 0 Å². The van der Waals surface area contributed by atoms with Gasteiger partial charge in [0.15, 0.2) is 0 Å². The highest BCUT2D eigenvalue weighted by Crippen LogP contribution is 2.17. The first-order chi connectivity index (χ1) is 9.54. The van der Waals surface area contributed by atoms with E-state index >= 15 is 0 Å². The summed E-state index contributed by atoms with van der Waals surface area (Å²) >= 11 is 5.96. The van der Waals surface area contributed by atoms with Crippen molar-refractivity contribution in [3.8, 4) is 0 Å². The standard InChI is InChI=1S/C17H21ClN2/c1-13(6-3-4-11-19)14(2)9-10-17(20)15-7-5-8-16(18)12-15/h3-8,10-12H,9,19-20H2,1-2H3/b6-3-,11-4+,14-13-,17-10+. The molecule has 3 heteroatoms.